The normalized spacial score (nSPS) is 17.2. The van der Waals surface area contributed by atoms with Crippen molar-refractivity contribution in [1.29, 1.82) is 0 Å². The highest BCUT2D eigenvalue weighted by atomic mass is 19.4. The monoisotopic (exact) mass is 247 g/mol. The van der Waals surface area contributed by atoms with Crippen LogP contribution >= 0.6 is 0 Å². The number of alkyl halides is 3. The van der Waals surface area contributed by atoms with E-state index in [1.54, 1.807) is 4.57 Å². The van der Waals surface area contributed by atoms with Gasteiger partial charge in [-0.25, -0.2) is 4.98 Å². The Morgan fingerprint density at radius 3 is 2.76 bits per heavy atom. The maximum absolute atomic E-state index is 12.5. The zero-order chi connectivity index (χ0) is 12.5. The van der Waals surface area contributed by atoms with Crippen LogP contribution in [-0.4, -0.2) is 27.5 Å². The van der Waals surface area contributed by atoms with E-state index < -0.39 is 11.9 Å². The number of hydrogen-bond donors (Lipinski definition) is 0. The van der Waals surface area contributed by atoms with E-state index >= 15 is 0 Å². The molecule has 0 aromatic carbocycles. The summed E-state index contributed by atoms with van der Waals surface area (Å²) in [6.07, 6.45) is -1.04. The second-order valence-electron chi connectivity index (χ2n) is 4.36. The van der Waals surface area contributed by atoms with E-state index in [9.17, 15) is 13.2 Å². The molecule has 3 nitrogen and oxygen atoms in total. The molecule has 0 fully saturated rings. The first-order chi connectivity index (χ1) is 8.00. The molecule has 0 aliphatic carbocycles. The average molecular weight is 247 g/mol. The summed E-state index contributed by atoms with van der Waals surface area (Å²) in [7, 11) is 0. The number of fused-ring (bicyclic) bond motifs is 1. The molecule has 0 atom stereocenters. The lowest BCUT2D eigenvalue weighted by Crippen LogP contribution is -2.34. The van der Waals surface area contributed by atoms with Crippen molar-refractivity contribution in [3.63, 3.8) is 0 Å². The third kappa shape index (κ3) is 2.80. The largest absolute Gasteiger partial charge is 0.434 e. The van der Waals surface area contributed by atoms with Crippen LogP contribution in [0.25, 0.3) is 0 Å². The summed E-state index contributed by atoms with van der Waals surface area (Å²) in [5.74, 6) is 0.527. The molecule has 0 saturated heterocycles. The minimum atomic E-state index is -4.33. The van der Waals surface area contributed by atoms with Crippen LogP contribution in [0.3, 0.4) is 0 Å². The van der Waals surface area contributed by atoms with Gasteiger partial charge in [-0.3, -0.25) is 4.90 Å². The molecule has 1 aromatic rings. The van der Waals surface area contributed by atoms with Crippen LogP contribution in [0.1, 0.15) is 31.3 Å². The van der Waals surface area contributed by atoms with Gasteiger partial charge < -0.3 is 4.57 Å². The summed E-state index contributed by atoms with van der Waals surface area (Å²) in [5.41, 5.74) is -0.773. The fourth-order valence-corrected chi connectivity index (χ4v) is 2.01. The first-order valence-electron chi connectivity index (χ1n) is 5.86. The first-order valence-corrected chi connectivity index (χ1v) is 5.86. The minimum Gasteiger partial charge on any atom is -0.332 e. The Kier molecular flexibility index (Phi) is 3.42. The van der Waals surface area contributed by atoms with Crippen molar-refractivity contribution in [3.8, 4) is 0 Å². The number of hydrogen-bond acceptors (Lipinski definition) is 2. The predicted octanol–water partition coefficient (Wildman–Crippen LogP) is 2.52. The van der Waals surface area contributed by atoms with Crippen LogP contribution in [0.2, 0.25) is 0 Å². The Balaban J connectivity index is 2.08. The van der Waals surface area contributed by atoms with Gasteiger partial charge >= 0.3 is 6.18 Å². The van der Waals surface area contributed by atoms with Gasteiger partial charge in [0.05, 0.1) is 6.54 Å². The van der Waals surface area contributed by atoms with Crippen LogP contribution in [0.5, 0.6) is 0 Å². The summed E-state index contributed by atoms with van der Waals surface area (Å²) < 4.78 is 39.1. The highest BCUT2D eigenvalue weighted by Crippen LogP contribution is 2.29. The molecular formula is C11H16F3N3. The third-order valence-electron chi connectivity index (χ3n) is 3.00. The van der Waals surface area contributed by atoms with Gasteiger partial charge in [-0.1, -0.05) is 13.3 Å². The van der Waals surface area contributed by atoms with E-state index in [-0.39, 0.29) is 0 Å². The highest BCUT2D eigenvalue weighted by molar-refractivity contribution is 5.09. The van der Waals surface area contributed by atoms with Crippen molar-refractivity contribution < 1.29 is 13.2 Å². The van der Waals surface area contributed by atoms with Crippen LogP contribution in [-0.2, 0) is 19.3 Å². The van der Waals surface area contributed by atoms with Gasteiger partial charge in [0.2, 0.25) is 0 Å². The molecule has 1 aromatic heterocycles. The molecule has 0 unspecified atom stereocenters. The molecule has 0 amide bonds. The molecule has 1 aliphatic rings. The van der Waals surface area contributed by atoms with E-state index in [0.717, 1.165) is 32.1 Å². The predicted molar refractivity (Wildman–Crippen MR) is 57.4 cm³/mol. The Labute approximate surface area is 98.2 Å². The Bertz CT molecular complexity index is 384. The molecule has 17 heavy (non-hydrogen) atoms. The summed E-state index contributed by atoms with van der Waals surface area (Å²) in [4.78, 5) is 5.84. The average Bonchev–Trinajstić information content (AvgIpc) is 2.68. The fourth-order valence-electron chi connectivity index (χ4n) is 2.01. The number of halogens is 3. The molecule has 1 aliphatic heterocycles. The molecule has 0 bridgehead atoms. The standard InChI is InChI=1S/C11H16F3N3/c1-2-3-4-16-5-6-17-7-9(11(12,13)14)15-10(17)8-16/h7H,2-6,8H2,1H3. The van der Waals surface area contributed by atoms with Crippen molar-refractivity contribution >= 4 is 0 Å². The van der Waals surface area contributed by atoms with Gasteiger partial charge in [-0.05, 0) is 13.0 Å². The number of nitrogens with zero attached hydrogens (tertiary/aromatic N) is 3. The fraction of sp³-hybridized carbons (Fsp3) is 0.727. The van der Waals surface area contributed by atoms with Crippen molar-refractivity contribution in [3.05, 3.63) is 17.7 Å². The van der Waals surface area contributed by atoms with Crippen LogP contribution in [0, 0.1) is 0 Å². The summed E-state index contributed by atoms with van der Waals surface area (Å²) in [6, 6.07) is 0. The van der Waals surface area contributed by atoms with E-state index in [0.29, 0.717) is 18.9 Å². The molecule has 2 heterocycles. The van der Waals surface area contributed by atoms with Gasteiger partial charge in [-0.2, -0.15) is 13.2 Å². The summed E-state index contributed by atoms with van der Waals surface area (Å²) in [5, 5.41) is 0. The SMILES string of the molecule is CCCCN1CCn2cc(C(F)(F)F)nc2C1. The summed E-state index contributed by atoms with van der Waals surface area (Å²) >= 11 is 0. The van der Waals surface area contributed by atoms with Crippen LogP contribution in [0.4, 0.5) is 13.2 Å². The molecule has 0 spiro atoms. The van der Waals surface area contributed by atoms with E-state index in [4.69, 9.17) is 0 Å². The molecule has 96 valence electrons. The highest BCUT2D eigenvalue weighted by Gasteiger charge is 2.35. The van der Waals surface area contributed by atoms with Gasteiger partial charge in [0.25, 0.3) is 0 Å². The van der Waals surface area contributed by atoms with Crippen molar-refractivity contribution in [1.82, 2.24) is 14.5 Å². The van der Waals surface area contributed by atoms with Crippen LogP contribution in [0.15, 0.2) is 6.20 Å². The molecule has 2 rings (SSSR count). The Hall–Kier alpha value is -1.04. The first kappa shape index (κ1) is 12.4. The van der Waals surface area contributed by atoms with Crippen LogP contribution < -0.4 is 0 Å². The lowest BCUT2D eigenvalue weighted by atomic mass is 10.3. The van der Waals surface area contributed by atoms with Crippen molar-refractivity contribution in [2.45, 2.75) is 39.0 Å². The topological polar surface area (TPSA) is 21.1 Å². The van der Waals surface area contributed by atoms with E-state index in [1.807, 2.05) is 0 Å². The number of imidazole rings is 1. The third-order valence-corrected chi connectivity index (χ3v) is 3.00. The van der Waals surface area contributed by atoms with E-state index in [1.165, 1.54) is 0 Å². The second-order valence-corrected chi connectivity index (χ2v) is 4.36. The molecule has 0 saturated carbocycles. The quantitative estimate of drug-likeness (QED) is 0.818. The zero-order valence-corrected chi connectivity index (χ0v) is 9.80. The molecular weight excluding hydrogens is 231 g/mol. The second kappa shape index (κ2) is 4.68. The van der Waals surface area contributed by atoms with Gasteiger partial charge in [-0.15, -0.1) is 0 Å². The number of aromatic nitrogens is 2. The molecule has 0 N–H and O–H groups in total. The van der Waals surface area contributed by atoms with Gasteiger partial charge in [0.15, 0.2) is 5.69 Å². The molecule has 0 radical (unpaired) electrons. The van der Waals surface area contributed by atoms with Gasteiger partial charge in [0.1, 0.15) is 5.82 Å². The van der Waals surface area contributed by atoms with Gasteiger partial charge in [0, 0.05) is 19.3 Å². The van der Waals surface area contributed by atoms with Crippen molar-refractivity contribution in [2.75, 3.05) is 13.1 Å². The zero-order valence-electron chi connectivity index (χ0n) is 9.80. The smallest absolute Gasteiger partial charge is 0.332 e. The Morgan fingerprint density at radius 2 is 2.12 bits per heavy atom. The minimum absolute atomic E-state index is 0.524. The molecule has 6 heteroatoms. The maximum Gasteiger partial charge on any atom is 0.434 e. The van der Waals surface area contributed by atoms with Crippen molar-refractivity contribution in [2.24, 2.45) is 0 Å². The number of rotatable bonds is 3. The lowest BCUT2D eigenvalue weighted by molar-refractivity contribution is -0.141. The lowest BCUT2D eigenvalue weighted by Gasteiger charge is -2.27. The van der Waals surface area contributed by atoms with E-state index in [2.05, 4.69) is 16.8 Å². The maximum atomic E-state index is 12.5. The number of unbranched alkanes of at least 4 members (excludes halogenated alkanes) is 1. The summed E-state index contributed by atoms with van der Waals surface area (Å²) in [6.45, 7) is 4.97. The Morgan fingerprint density at radius 1 is 1.35 bits per heavy atom.